The number of ether oxygens (including phenoxy) is 2. The number of amides is 2. The Morgan fingerprint density at radius 3 is 2.55 bits per heavy atom. The van der Waals surface area contributed by atoms with E-state index in [4.69, 9.17) is 9.47 Å². The number of hydrogen-bond acceptors (Lipinski definition) is 9. The van der Waals surface area contributed by atoms with E-state index in [0.29, 0.717) is 29.5 Å². The number of piperazine rings is 1. The second kappa shape index (κ2) is 10.8. The topological polar surface area (TPSA) is 110 Å². The molecule has 0 unspecified atom stereocenters. The summed E-state index contributed by atoms with van der Waals surface area (Å²) in [6.07, 6.45) is 1.77. The maximum absolute atomic E-state index is 12.5. The Balaban J connectivity index is 1.19. The Kier molecular flexibility index (Phi) is 7.43. The molecule has 3 heterocycles. The minimum Gasteiger partial charge on any atom is -0.497 e. The predicted molar refractivity (Wildman–Crippen MR) is 124 cm³/mol. The van der Waals surface area contributed by atoms with Crippen LogP contribution >= 0.6 is 11.3 Å². The molecule has 0 radical (unpaired) electrons. The average molecular weight is 469 g/mol. The van der Waals surface area contributed by atoms with Gasteiger partial charge in [0.15, 0.2) is 0 Å². The molecule has 0 bridgehead atoms. The molecule has 0 saturated carbocycles. The van der Waals surface area contributed by atoms with Crippen molar-refractivity contribution in [3.63, 3.8) is 0 Å². The summed E-state index contributed by atoms with van der Waals surface area (Å²) < 4.78 is 10.6. The summed E-state index contributed by atoms with van der Waals surface area (Å²) in [5.41, 5.74) is 0.627. The number of methoxy groups -OCH3 is 1. The van der Waals surface area contributed by atoms with Gasteiger partial charge < -0.3 is 24.6 Å². The van der Waals surface area contributed by atoms with Crippen LogP contribution in [0.5, 0.6) is 5.75 Å². The molecule has 11 heteroatoms. The van der Waals surface area contributed by atoms with Crippen LogP contribution in [0.1, 0.15) is 14.8 Å². The predicted octanol–water partition coefficient (Wildman–Crippen LogP) is 2.06. The van der Waals surface area contributed by atoms with Gasteiger partial charge in [-0.25, -0.2) is 4.98 Å². The van der Waals surface area contributed by atoms with E-state index in [1.807, 2.05) is 18.2 Å². The van der Waals surface area contributed by atoms with Crippen molar-refractivity contribution in [3.05, 3.63) is 58.7 Å². The molecule has 1 saturated heterocycles. The number of anilines is 2. The molecule has 1 aliphatic heterocycles. The van der Waals surface area contributed by atoms with E-state index in [0.717, 1.165) is 30.2 Å². The highest BCUT2D eigenvalue weighted by molar-refractivity contribution is 7.13. The van der Waals surface area contributed by atoms with E-state index in [2.05, 4.69) is 25.4 Å². The van der Waals surface area contributed by atoms with Gasteiger partial charge in [-0.05, 0) is 36.4 Å². The molecule has 10 nitrogen and oxygen atoms in total. The standard InChI is InChI=1S/C22H24N6O4S/c1-31-17-7-5-16(6-8-17)24-21(30)22-26-25-19(33-22)14-32-15-20(29)28-12-10-27(11-13-28)18-4-2-3-9-23-18/h2-9H,10-15H2,1H3,(H,24,30). The van der Waals surface area contributed by atoms with Crippen LogP contribution in [-0.2, 0) is 16.1 Å². The first-order chi connectivity index (χ1) is 16.1. The monoisotopic (exact) mass is 468 g/mol. The van der Waals surface area contributed by atoms with Crippen molar-refractivity contribution in [2.45, 2.75) is 6.61 Å². The van der Waals surface area contributed by atoms with Gasteiger partial charge >= 0.3 is 0 Å². The van der Waals surface area contributed by atoms with Crippen LogP contribution < -0.4 is 15.0 Å². The SMILES string of the molecule is COc1ccc(NC(=O)c2nnc(COCC(=O)N3CCN(c4ccccn4)CC3)s2)cc1. The maximum Gasteiger partial charge on any atom is 0.286 e. The van der Waals surface area contributed by atoms with Crippen LogP contribution in [0.25, 0.3) is 0 Å². The van der Waals surface area contributed by atoms with Crippen LogP contribution in [-0.4, -0.2) is 71.8 Å². The first kappa shape index (κ1) is 22.6. The number of aromatic nitrogens is 3. The van der Waals surface area contributed by atoms with E-state index in [1.165, 1.54) is 0 Å². The summed E-state index contributed by atoms with van der Waals surface area (Å²) in [5, 5.41) is 11.4. The molecule has 1 N–H and O–H groups in total. The van der Waals surface area contributed by atoms with Crippen molar-refractivity contribution in [2.24, 2.45) is 0 Å². The summed E-state index contributed by atoms with van der Waals surface area (Å²) in [4.78, 5) is 33.1. The van der Waals surface area contributed by atoms with Gasteiger partial charge in [-0.2, -0.15) is 0 Å². The molecule has 1 aliphatic rings. The van der Waals surface area contributed by atoms with Crippen molar-refractivity contribution < 1.29 is 19.1 Å². The van der Waals surface area contributed by atoms with Crippen molar-refractivity contribution >= 4 is 34.7 Å². The van der Waals surface area contributed by atoms with Gasteiger partial charge in [0.05, 0.1) is 7.11 Å². The lowest BCUT2D eigenvalue weighted by molar-refractivity contribution is -0.136. The summed E-state index contributed by atoms with van der Waals surface area (Å²) in [7, 11) is 1.58. The highest BCUT2D eigenvalue weighted by Gasteiger charge is 2.22. The number of nitrogens with one attached hydrogen (secondary N) is 1. The van der Waals surface area contributed by atoms with Crippen molar-refractivity contribution in [2.75, 3.05) is 50.1 Å². The van der Waals surface area contributed by atoms with E-state index in [9.17, 15) is 9.59 Å². The van der Waals surface area contributed by atoms with Gasteiger partial charge in [-0.1, -0.05) is 17.4 Å². The molecular formula is C22H24N6O4S. The minimum absolute atomic E-state index is 0.0451. The maximum atomic E-state index is 12.5. The van der Waals surface area contributed by atoms with E-state index in [-0.39, 0.29) is 30.0 Å². The van der Waals surface area contributed by atoms with Gasteiger partial charge in [0, 0.05) is 38.1 Å². The Labute approximate surface area is 195 Å². The molecule has 0 spiro atoms. The molecule has 2 amide bonds. The van der Waals surface area contributed by atoms with Crippen molar-refractivity contribution in [3.8, 4) is 5.75 Å². The Hall–Kier alpha value is -3.57. The average Bonchev–Trinajstić information content (AvgIpc) is 3.34. The van der Waals surface area contributed by atoms with E-state index in [1.54, 1.807) is 42.5 Å². The number of hydrogen-bond donors (Lipinski definition) is 1. The molecule has 172 valence electrons. The normalized spacial score (nSPS) is 13.6. The number of nitrogens with zero attached hydrogens (tertiary/aromatic N) is 5. The van der Waals surface area contributed by atoms with E-state index >= 15 is 0 Å². The molecule has 0 atom stereocenters. The Bertz CT molecular complexity index is 1070. The molecular weight excluding hydrogens is 444 g/mol. The molecule has 1 fully saturated rings. The number of rotatable bonds is 8. The third kappa shape index (κ3) is 6.02. The summed E-state index contributed by atoms with van der Waals surface area (Å²) in [6, 6.07) is 12.8. The largest absolute Gasteiger partial charge is 0.497 e. The summed E-state index contributed by atoms with van der Waals surface area (Å²) >= 11 is 1.13. The smallest absolute Gasteiger partial charge is 0.286 e. The van der Waals surface area contributed by atoms with Crippen LogP contribution in [0, 0.1) is 0 Å². The fourth-order valence-corrected chi connectivity index (χ4v) is 3.98. The van der Waals surface area contributed by atoms with Crippen LogP contribution in [0.15, 0.2) is 48.7 Å². The highest BCUT2D eigenvalue weighted by atomic mass is 32.1. The molecule has 0 aliphatic carbocycles. The fourth-order valence-electron chi connectivity index (χ4n) is 3.31. The molecule has 4 rings (SSSR count). The lowest BCUT2D eigenvalue weighted by Gasteiger charge is -2.35. The molecule has 33 heavy (non-hydrogen) atoms. The second-order valence-corrected chi connectivity index (χ2v) is 8.29. The lowest BCUT2D eigenvalue weighted by atomic mass is 10.3. The molecule has 2 aromatic heterocycles. The van der Waals surface area contributed by atoms with Gasteiger partial charge in [0.1, 0.15) is 29.8 Å². The van der Waals surface area contributed by atoms with Gasteiger partial charge in [-0.15, -0.1) is 10.2 Å². The number of carbonyl (C=O) groups is 2. The van der Waals surface area contributed by atoms with Gasteiger partial charge in [-0.3, -0.25) is 9.59 Å². The molecule has 1 aromatic carbocycles. The van der Waals surface area contributed by atoms with Gasteiger partial charge in [0.25, 0.3) is 5.91 Å². The summed E-state index contributed by atoms with van der Waals surface area (Å²) in [5.74, 6) is 1.19. The van der Waals surface area contributed by atoms with Crippen LogP contribution in [0.3, 0.4) is 0 Å². The third-order valence-corrected chi connectivity index (χ3v) is 5.96. The first-order valence-electron chi connectivity index (χ1n) is 10.4. The van der Waals surface area contributed by atoms with Crippen molar-refractivity contribution in [1.29, 1.82) is 0 Å². The summed E-state index contributed by atoms with van der Waals surface area (Å²) in [6.45, 7) is 2.77. The number of carbonyl (C=O) groups excluding carboxylic acids is 2. The van der Waals surface area contributed by atoms with Gasteiger partial charge in [0.2, 0.25) is 10.9 Å². The fraction of sp³-hybridized carbons (Fsp3) is 0.318. The third-order valence-electron chi connectivity index (χ3n) is 5.07. The highest BCUT2D eigenvalue weighted by Crippen LogP contribution is 2.18. The van der Waals surface area contributed by atoms with Crippen LogP contribution in [0.2, 0.25) is 0 Å². The van der Waals surface area contributed by atoms with Crippen molar-refractivity contribution in [1.82, 2.24) is 20.1 Å². The number of pyridine rings is 1. The Morgan fingerprint density at radius 2 is 1.85 bits per heavy atom. The minimum atomic E-state index is -0.356. The molecule has 3 aromatic rings. The quantitative estimate of drug-likeness (QED) is 0.535. The number of benzene rings is 1. The first-order valence-corrected chi connectivity index (χ1v) is 11.2. The Morgan fingerprint density at radius 1 is 1.06 bits per heavy atom. The lowest BCUT2D eigenvalue weighted by Crippen LogP contribution is -2.50. The zero-order chi connectivity index (χ0) is 23.0. The zero-order valence-corrected chi connectivity index (χ0v) is 19.0. The second-order valence-electron chi connectivity index (χ2n) is 7.23. The zero-order valence-electron chi connectivity index (χ0n) is 18.1. The van der Waals surface area contributed by atoms with E-state index < -0.39 is 0 Å². The van der Waals surface area contributed by atoms with Crippen LogP contribution in [0.4, 0.5) is 11.5 Å².